The van der Waals surface area contributed by atoms with Gasteiger partial charge in [0.2, 0.25) is 0 Å². The highest BCUT2D eigenvalue weighted by Gasteiger charge is 2.10. The van der Waals surface area contributed by atoms with E-state index in [1.54, 1.807) is 0 Å². The highest BCUT2D eigenvalue weighted by Crippen LogP contribution is 2.15. The molecule has 0 spiro atoms. The summed E-state index contributed by atoms with van der Waals surface area (Å²) in [5.74, 6) is 0. The molecule has 12 heavy (non-hydrogen) atoms. The predicted octanol–water partition coefficient (Wildman–Crippen LogP) is 2.87. The molecule has 0 aliphatic carbocycles. The van der Waals surface area contributed by atoms with Crippen molar-refractivity contribution in [1.82, 2.24) is 0 Å². The van der Waals surface area contributed by atoms with Gasteiger partial charge < -0.3 is 4.74 Å². The lowest BCUT2D eigenvalue weighted by atomic mass is 10.2. The van der Waals surface area contributed by atoms with Crippen LogP contribution in [0.5, 0.6) is 0 Å². The number of rotatable bonds is 3. The normalized spacial score (nSPS) is 11.6. The van der Waals surface area contributed by atoms with Crippen molar-refractivity contribution in [3.05, 3.63) is 35.9 Å². The van der Waals surface area contributed by atoms with Crippen molar-refractivity contribution < 1.29 is 4.74 Å². The van der Waals surface area contributed by atoms with Gasteiger partial charge in [-0.2, -0.15) is 0 Å². The van der Waals surface area contributed by atoms with E-state index >= 15 is 0 Å². The molecule has 0 aromatic heterocycles. The molecule has 1 aromatic rings. The van der Waals surface area contributed by atoms with E-state index in [-0.39, 0.29) is 4.93 Å². The second-order valence-corrected chi connectivity index (χ2v) is 4.30. The van der Waals surface area contributed by atoms with Gasteiger partial charge in [-0.25, -0.2) is 0 Å². The lowest BCUT2D eigenvalue weighted by Gasteiger charge is -2.18. The molecule has 0 aliphatic rings. The maximum absolute atomic E-state index is 5.48. The Labute approximate surface area is 79.2 Å². The molecule has 0 fully saturated rings. The zero-order chi connectivity index (χ0) is 9.03. The SMILES string of the molecule is CC(C)(S)OCc1ccccc1. The fraction of sp³-hybridized carbons (Fsp3) is 0.400. The first-order chi connectivity index (χ1) is 5.58. The highest BCUT2D eigenvalue weighted by molar-refractivity contribution is 7.81. The number of hydrogen-bond acceptors (Lipinski definition) is 2. The molecule has 0 N–H and O–H groups in total. The molecular weight excluding hydrogens is 168 g/mol. The van der Waals surface area contributed by atoms with Gasteiger partial charge in [0.25, 0.3) is 0 Å². The van der Waals surface area contributed by atoms with E-state index in [0.29, 0.717) is 6.61 Å². The second-order valence-electron chi connectivity index (χ2n) is 3.22. The zero-order valence-electron chi connectivity index (χ0n) is 7.45. The molecule has 0 saturated heterocycles. The van der Waals surface area contributed by atoms with E-state index in [0.717, 1.165) is 0 Å². The fourth-order valence-corrected chi connectivity index (χ4v) is 0.899. The van der Waals surface area contributed by atoms with Crippen molar-refractivity contribution in [3.63, 3.8) is 0 Å². The maximum atomic E-state index is 5.48. The van der Waals surface area contributed by atoms with Crippen LogP contribution in [0, 0.1) is 0 Å². The largest absolute Gasteiger partial charge is 0.361 e. The molecule has 0 unspecified atom stereocenters. The van der Waals surface area contributed by atoms with Crippen LogP contribution in [-0.2, 0) is 11.3 Å². The molecule has 0 heterocycles. The van der Waals surface area contributed by atoms with Crippen molar-refractivity contribution in [2.45, 2.75) is 25.4 Å². The fourth-order valence-electron chi connectivity index (χ4n) is 0.834. The van der Waals surface area contributed by atoms with E-state index in [1.807, 2.05) is 44.2 Å². The average molecular weight is 182 g/mol. The lowest BCUT2D eigenvalue weighted by Crippen LogP contribution is -2.15. The average Bonchev–Trinajstić information content (AvgIpc) is 2.02. The van der Waals surface area contributed by atoms with Crippen molar-refractivity contribution in [2.75, 3.05) is 0 Å². The highest BCUT2D eigenvalue weighted by atomic mass is 32.1. The monoisotopic (exact) mass is 182 g/mol. The third-order valence-electron chi connectivity index (χ3n) is 1.43. The van der Waals surface area contributed by atoms with Crippen LogP contribution >= 0.6 is 12.6 Å². The van der Waals surface area contributed by atoms with Gasteiger partial charge in [-0.15, -0.1) is 12.6 Å². The van der Waals surface area contributed by atoms with Gasteiger partial charge in [0.1, 0.15) is 4.93 Å². The Hall–Kier alpha value is -0.470. The quantitative estimate of drug-likeness (QED) is 0.558. The van der Waals surface area contributed by atoms with Crippen molar-refractivity contribution >= 4 is 12.6 Å². The van der Waals surface area contributed by atoms with Gasteiger partial charge in [-0.1, -0.05) is 30.3 Å². The van der Waals surface area contributed by atoms with Gasteiger partial charge >= 0.3 is 0 Å². The van der Waals surface area contributed by atoms with Crippen LogP contribution in [0.3, 0.4) is 0 Å². The minimum atomic E-state index is -0.351. The van der Waals surface area contributed by atoms with Crippen LogP contribution in [0.1, 0.15) is 19.4 Å². The van der Waals surface area contributed by atoms with Crippen LogP contribution in [0.4, 0.5) is 0 Å². The molecule has 0 atom stereocenters. The summed E-state index contributed by atoms with van der Waals surface area (Å²) in [5.41, 5.74) is 1.18. The Balaban J connectivity index is 2.44. The summed E-state index contributed by atoms with van der Waals surface area (Å²) in [6.07, 6.45) is 0. The second kappa shape index (κ2) is 3.97. The third kappa shape index (κ3) is 3.79. The van der Waals surface area contributed by atoms with E-state index in [4.69, 9.17) is 4.74 Å². The van der Waals surface area contributed by atoms with Crippen molar-refractivity contribution in [3.8, 4) is 0 Å². The summed E-state index contributed by atoms with van der Waals surface area (Å²) in [6.45, 7) is 4.48. The molecule has 1 rings (SSSR count). The van der Waals surface area contributed by atoms with E-state index in [1.165, 1.54) is 5.56 Å². The molecule has 66 valence electrons. The first-order valence-corrected chi connectivity index (χ1v) is 4.43. The van der Waals surface area contributed by atoms with Gasteiger partial charge in [-0.05, 0) is 19.4 Å². The van der Waals surface area contributed by atoms with Gasteiger partial charge in [0.15, 0.2) is 0 Å². The molecule has 1 nitrogen and oxygen atoms in total. The van der Waals surface area contributed by atoms with Crippen LogP contribution in [0.2, 0.25) is 0 Å². The van der Waals surface area contributed by atoms with Crippen LogP contribution in [-0.4, -0.2) is 4.93 Å². The standard InChI is InChI=1S/C10H14OS/c1-10(2,12)11-8-9-6-4-3-5-7-9/h3-7,12H,8H2,1-2H3. The molecule has 0 amide bonds. The molecule has 0 saturated carbocycles. The summed E-state index contributed by atoms with van der Waals surface area (Å²) in [4.78, 5) is -0.351. The summed E-state index contributed by atoms with van der Waals surface area (Å²) < 4.78 is 5.48. The lowest BCUT2D eigenvalue weighted by molar-refractivity contribution is 0.0412. The Bertz CT molecular complexity index is 225. The first-order valence-electron chi connectivity index (χ1n) is 3.98. The van der Waals surface area contributed by atoms with Crippen LogP contribution in [0.25, 0.3) is 0 Å². The molecule has 0 radical (unpaired) electrons. The van der Waals surface area contributed by atoms with Crippen molar-refractivity contribution in [1.29, 1.82) is 0 Å². The van der Waals surface area contributed by atoms with Crippen LogP contribution < -0.4 is 0 Å². The van der Waals surface area contributed by atoms with E-state index < -0.39 is 0 Å². The molecular formula is C10H14OS. The number of ether oxygens (including phenoxy) is 1. The molecule has 1 aromatic carbocycles. The molecule has 0 aliphatic heterocycles. The minimum Gasteiger partial charge on any atom is -0.361 e. The van der Waals surface area contributed by atoms with E-state index in [2.05, 4.69) is 12.6 Å². The predicted molar refractivity (Wildman–Crippen MR) is 54.3 cm³/mol. The third-order valence-corrected chi connectivity index (χ3v) is 1.56. The van der Waals surface area contributed by atoms with Gasteiger partial charge in [0, 0.05) is 0 Å². The van der Waals surface area contributed by atoms with Crippen LogP contribution in [0.15, 0.2) is 30.3 Å². The summed E-state index contributed by atoms with van der Waals surface area (Å²) >= 11 is 4.26. The molecule has 0 bridgehead atoms. The zero-order valence-corrected chi connectivity index (χ0v) is 8.34. The first kappa shape index (κ1) is 9.62. The summed E-state index contributed by atoms with van der Waals surface area (Å²) in [6, 6.07) is 10.1. The van der Waals surface area contributed by atoms with Gasteiger partial charge in [0.05, 0.1) is 6.61 Å². The molecule has 2 heteroatoms. The minimum absolute atomic E-state index is 0.351. The Morgan fingerprint density at radius 3 is 2.33 bits per heavy atom. The van der Waals surface area contributed by atoms with Gasteiger partial charge in [-0.3, -0.25) is 0 Å². The smallest absolute Gasteiger partial charge is 0.105 e. The summed E-state index contributed by atoms with van der Waals surface area (Å²) in [7, 11) is 0. The maximum Gasteiger partial charge on any atom is 0.105 e. The van der Waals surface area contributed by atoms with Crippen molar-refractivity contribution in [2.24, 2.45) is 0 Å². The Morgan fingerprint density at radius 1 is 1.25 bits per heavy atom. The number of thiol groups is 1. The summed E-state index contributed by atoms with van der Waals surface area (Å²) in [5, 5.41) is 0. The Kier molecular flexibility index (Phi) is 3.18. The number of benzene rings is 1. The van der Waals surface area contributed by atoms with E-state index in [9.17, 15) is 0 Å². The Morgan fingerprint density at radius 2 is 1.83 bits per heavy atom. The topological polar surface area (TPSA) is 9.23 Å². The number of hydrogen-bond donors (Lipinski definition) is 1.